The van der Waals surface area contributed by atoms with E-state index in [1.54, 1.807) is 4.90 Å². The topological polar surface area (TPSA) is 32.3 Å². The summed E-state index contributed by atoms with van der Waals surface area (Å²) in [5.41, 5.74) is 2.38. The number of rotatable bonds is 4. The van der Waals surface area contributed by atoms with Crippen LogP contribution in [0.25, 0.3) is 0 Å². The first-order valence-corrected chi connectivity index (χ1v) is 6.21. The van der Waals surface area contributed by atoms with Crippen molar-refractivity contribution >= 4 is 6.03 Å². The van der Waals surface area contributed by atoms with Crippen LogP contribution in [-0.4, -0.2) is 24.0 Å². The summed E-state index contributed by atoms with van der Waals surface area (Å²) in [6, 6.07) is 8.19. The highest BCUT2D eigenvalue weighted by Gasteiger charge is 2.14. The van der Waals surface area contributed by atoms with Crippen molar-refractivity contribution in [3.8, 4) is 0 Å². The molecule has 1 aromatic carbocycles. The van der Waals surface area contributed by atoms with E-state index in [0.717, 1.165) is 13.1 Å². The number of nitrogens with one attached hydrogen (secondary N) is 1. The van der Waals surface area contributed by atoms with Crippen molar-refractivity contribution in [2.24, 2.45) is 0 Å². The van der Waals surface area contributed by atoms with Crippen LogP contribution in [-0.2, 0) is 0 Å². The molecule has 0 aliphatic rings. The smallest absolute Gasteiger partial charge is 0.317 e. The highest BCUT2D eigenvalue weighted by atomic mass is 16.2. The van der Waals surface area contributed by atoms with E-state index in [4.69, 9.17) is 0 Å². The summed E-state index contributed by atoms with van der Waals surface area (Å²) >= 11 is 0. The summed E-state index contributed by atoms with van der Waals surface area (Å²) in [7, 11) is 0. The summed E-state index contributed by atoms with van der Waals surface area (Å²) in [5, 5.41) is 3.03. The molecule has 2 amide bonds. The van der Waals surface area contributed by atoms with Crippen LogP contribution in [0.2, 0.25) is 0 Å². The van der Waals surface area contributed by atoms with Crippen LogP contribution in [0.1, 0.15) is 37.9 Å². The van der Waals surface area contributed by atoms with Gasteiger partial charge in [-0.25, -0.2) is 4.79 Å². The van der Waals surface area contributed by atoms with Crippen LogP contribution in [0.3, 0.4) is 0 Å². The fourth-order valence-electron chi connectivity index (χ4n) is 1.94. The number of carbonyl (C=O) groups is 1. The third-order valence-electron chi connectivity index (χ3n) is 3.05. The van der Waals surface area contributed by atoms with Crippen LogP contribution < -0.4 is 5.32 Å². The van der Waals surface area contributed by atoms with Crippen LogP contribution in [0, 0.1) is 6.92 Å². The summed E-state index contributed by atoms with van der Waals surface area (Å²) in [5.74, 6) is 0. The molecule has 0 radical (unpaired) electrons. The molecule has 1 N–H and O–H groups in total. The first-order chi connectivity index (χ1) is 8.10. The lowest BCUT2D eigenvalue weighted by molar-refractivity contribution is 0.200. The Labute approximate surface area is 104 Å². The van der Waals surface area contributed by atoms with E-state index in [2.05, 4.69) is 24.4 Å². The van der Waals surface area contributed by atoms with Gasteiger partial charge >= 0.3 is 6.03 Å². The Kier molecular flexibility index (Phi) is 5.01. The van der Waals surface area contributed by atoms with Crippen molar-refractivity contribution in [2.75, 3.05) is 13.1 Å². The van der Waals surface area contributed by atoms with Crippen molar-refractivity contribution in [1.82, 2.24) is 10.2 Å². The lowest BCUT2D eigenvalue weighted by Crippen LogP contribution is -2.40. The number of urea groups is 1. The average Bonchev–Trinajstić information content (AvgIpc) is 2.31. The third kappa shape index (κ3) is 3.48. The van der Waals surface area contributed by atoms with Gasteiger partial charge in [0.1, 0.15) is 0 Å². The highest BCUT2D eigenvalue weighted by molar-refractivity contribution is 5.74. The van der Waals surface area contributed by atoms with Gasteiger partial charge < -0.3 is 10.2 Å². The van der Waals surface area contributed by atoms with Gasteiger partial charge in [0.05, 0.1) is 6.04 Å². The lowest BCUT2D eigenvalue weighted by atomic mass is 10.0. The molecule has 0 fully saturated rings. The lowest BCUT2D eigenvalue weighted by Gasteiger charge is -2.23. The van der Waals surface area contributed by atoms with Crippen molar-refractivity contribution in [3.05, 3.63) is 35.4 Å². The summed E-state index contributed by atoms with van der Waals surface area (Å²) in [6.07, 6.45) is 0. The van der Waals surface area contributed by atoms with Gasteiger partial charge in [-0.15, -0.1) is 0 Å². The highest BCUT2D eigenvalue weighted by Crippen LogP contribution is 2.16. The molecule has 0 saturated carbocycles. The van der Waals surface area contributed by atoms with E-state index in [9.17, 15) is 4.79 Å². The van der Waals surface area contributed by atoms with E-state index in [0.29, 0.717) is 0 Å². The summed E-state index contributed by atoms with van der Waals surface area (Å²) in [6.45, 7) is 9.54. The zero-order chi connectivity index (χ0) is 12.8. The molecule has 1 aromatic rings. The van der Waals surface area contributed by atoms with Gasteiger partial charge in [-0.2, -0.15) is 0 Å². The van der Waals surface area contributed by atoms with Gasteiger partial charge in [0.2, 0.25) is 0 Å². The molecule has 0 bridgehead atoms. The maximum atomic E-state index is 11.9. The van der Waals surface area contributed by atoms with Crippen LogP contribution in [0.4, 0.5) is 4.79 Å². The molecule has 0 aliphatic carbocycles. The Morgan fingerprint density at radius 1 is 1.29 bits per heavy atom. The van der Waals surface area contributed by atoms with Crippen LogP contribution in [0.15, 0.2) is 24.3 Å². The van der Waals surface area contributed by atoms with Crippen molar-refractivity contribution < 1.29 is 4.79 Å². The molecule has 3 nitrogen and oxygen atoms in total. The van der Waals surface area contributed by atoms with Gasteiger partial charge in [-0.3, -0.25) is 0 Å². The predicted molar refractivity (Wildman–Crippen MR) is 71.0 cm³/mol. The number of hydrogen-bond donors (Lipinski definition) is 1. The minimum absolute atomic E-state index is 0.00533. The maximum absolute atomic E-state index is 11.9. The number of amides is 2. The Balaban J connectivity index is 2.70. The molecule has 1 unspecified atom stereocenters. The van der Waals surface area contributed by atoms with Gasteiger partial charge in [0.15, 0.2) is 0 Å². The van der Waals surface area contributed by atoms with E-state index >= 15 is 0 Å². The monoisotopic (exact) mass is 234 g/mol. The second-order valence-electron chi connectivity index (χ2n) is 4.20. The molecule has 3 heteroatoms. The second-order valence-corrected chi connectivity index (χ2v) is 4.20. The molecule has 0 aliphatic heterocycles. The molecule has 1 atom stereocenters. The normalized spacial score (nSPS) is 12.0. The summed E-state index contributed by atoms with van der Waals surface area (Å²) in [4.78, 5) is 13.7. The molecular formula is C14H22N2O. The molecule has 0 spiro atoms. The first kappa shape index (κ1) is 13.6. The molecule has 0 saturated heterocycles. The molecule has 0 aromatic heterocycles. The zero-order valence-electron chi connectivity index (χ0n) is 11.2. The standard InChI is InChI=1S/C14H22N2O/c1-5-16(6-2)14(17)15-12(4)13-10-8-7-9-11(13)3/h7-10,12H,5-6H2,1-4H3,(H,15,17). The number of nitrogens with zero attached hydrogens (tertiary/aromatic N) is 1. The number of carbonyl (C=O) groups excluding carboxylic acids is 1. The molecule has 17 heavy (non-hydrogen) atoms. The Hall–Kier alpha value is -1.51. The van der Waals surface area contributed by atoms with Crippen molar-refractivity contribution in [3.63, 3.8) is 0 Å². The maximum Gasteiger partial charge on any atom is 0.317 e. The Bertz CT molecular complexity index is 372. The van der Waals surface area contributed by atoms with Crippen LogP contribution >= 0.6 is 0 Å². The molecule has 1 rings (SSSR count). The number of benzene rings is 1. The van der Waals surface area contributed by atoms with Gasteiger partial charge in [0.25, 0.3) is 0 Å². The van der Waals surface area contributed by atoms with Crippen molar-refractivity contribution in [1.29, 1.82) is 0 Å². The fraction of sp³-hybridized carbons (Fsp3) is 0.500. The minimum Gasteiger partial charge on any atom is -0.331 e. The summed E-state index contributed by atoms with van der Waals surface area (Å²) < 4.78 is 0. The number of aryl methyl sites for hydroxylation is 1. The quantitative estimate of drug-likeness (QED) is 0.853. The van der Waals surface area contributed by atoms with E-state index in [-0.39, 0.29) is 12.1 Å². The minimum atomic E-state index is 0.00533. The fourth-order valence-corrected chi connectivity index (χ4v) is 1.94. The van der Waals surface area contributed by atoms with E-state index in [1.807, 2.05) is 32.9 Å². The molecule has 0 heterocycles. The van der Waals surface area contributed by atoms with E-state index in [1.165, 1.54) is 11.1 Å². The Morgan fingerprint density at radius 3 is 2.41 bits per heavy atom. The Morgan fingerprint density at radius 2 is 1.88 bits per heavy atom. The molecular weight excluding hydrogens is 212 g/mol. The third-order valence-corrected chi connectivity index (χ3v) is 3.05. The van der Waals surface area contributed by atoms with Gasteiger partial charge in [-0.05, 0) is 38.8 Å². The largest absolute Gasteiger partial charge is 0.331 e. The van der Waals surface area contributed by atoms with Gasteiger partial charge in [0, 0.05) is 13.1 Å². The zero-order valence-corrected chi connectivity index (χ0v) is 11.2. The average molecular weight is 234 g/mol. The molecule has 94 valence electrons. The van der Waals surface area contributed by atoms with Gasteiger partial charge in [-0.1, -0.05) is 24.3 Å². The second kappa shape index (κ2) is 6.28. The number of hydrogen-bond acceptors (Lipinski definition) is 1. The SMILES string of the molecule is CCN(CC)C(=O)NC(C)c1ccccc1C. The van der Waals surface area contributed by atoms with E-state index < -0.39 is 0 Å². The van der Waals surface area contributed by atoms with Crippen LogP contribution in [0.5, 0.6) is 0 Å². The predicted octanol–water partition coefficient (Wildman–Crippen LogP) is 3.11. The first-order valence-electron chi connectivity index (χ1n) is 6.21. The van der Waals surface area contributed by atoms with Crippen molar-refractivity contribution in [2.45, 2.75) is 33.7 Å².